The minimum Gasteiger partial charge on any atom is -0.288 e. The number of rotatable bonds is 16. The van der Waals surface area contributed by atoms with Crippen molar-refractivity contribution in [1.82, 2.24) is 0 Å². The highest BCUT2D eigenvalue weighted by Gasteiger charge is 2.10. The van der Waals surface area contributed by atoms with Crippen LogP contribution in [0.4, 0.5) is 0 Å². The first-order valence-electron chi connectivity index (χ1n) is 12.6. The second-order valence-corrected chi connectivity index (χ2v) is 14.7. The van der Waals surface area contributed by atoms with Crippen LogP contribution in [0.25, 0.3) is 19.5 Å². The molecular weight excluding hydrogens is 529 g/mol. The van der Waals surface area contributed by atoms with Crippen molar-refractivity contribution in [3.8, 4) is 19.5 Å². The van der Waals surface area contributed by atoms with Gasteiger partial charge in [0, 0.05) is 54.6 Å². The van der Waals surface area contributed by atoms with E-state index in [4.69, 9.17) is 0 Å². The van der Waals surface area contributed by atoms with Crippen LogP contribution in [-0.2, 0) is 22.4 Å². The van der Waals surface area contributed by atoms with E-state index in [-0.39, 0.29) is 10.2 Å². The number of unbranched alkanes of at least 4 members (excludes halogenated alkanes) is 6. The number of carbonyl (C=O) groups is 2. The van der Waals surface area contributed by atoms with E-state index in [9.17, 15) is 9.59 Å². The second kappa shape index (κ2) is 16.1. The molecule has 0 spiro atoms. The topological polar surface area (TPSA) is 34.1 Å². The third-order valence-electron chi connectivity index (χ3n) is 5.66. The molecule has 35 heavy (non-hydrogen) atoms. The summed E-state index contributed by atoms with van der Waals surface area (Å²) in [5.41, 5.74) is 0. The molecule has 3 aromatic rings. The molecule has 0 amide bonds. The molecule has 2 nitrogen and oxygen atoms in total. The number of hydrogen-bond acceptors (Lipinski definition) is 7. The standard InChI is InChI=1S/C28H36O2S5/c1-21(29)31-19-9-5-3-7-11-23-13-15-25(33-23)27-17-18-28(35-27)26-16-14-24(34-26)12-8-4-6-10-20-32-22(2)30/h13-18H,3-12,19-20H2,1-2H3. The normalized spacial score (nSPS) is 11.3. The average molecular weight is 565 g/mol. The van der Waals surface area contributed by atoms with Crippen LogP contribution >= 0.6 is 57.5 Å². The molecule has 0 fully saturated rings. The Labute approximate surface area is 231 Å². The van der Waals surface area contributed by atoms with Crippen LogP contribution in [0, 0.1) is 0 Å². The van der Waals surface area contributed by atoms with Gasteiger partial charge in [0.25, 0.3) is 0 Å². The summed E-state index contributed by atoms with van der Waals surface area (Å²) >= 11 is 8.68. The Morgan fingerprint density at radius 3 is 1.34 bits per heavy atom. The zero-order valence-electron chi connectivity index (χ0n) is 20.8. The van der Waals surface area contributed by atoms with Gasteiger partial charge in [-0.25, -0.2) is 0 Å². The molecule has 0 atom stereocenters. The summed E-state index contributed by atoms with van der Waals surface area (Å²) in [6, 6.07) is 13.7. The van der Waals surface area contributed by atoms with Crippen LogP contribution in [0.2, 0.25) is 0 Å². The van der Waals surface area contributed by atoms with E-state index < -0.39 is 0 Å². The van der Waals surface area contributed by atoms with E-state index in [0.717, 1.165) is 37.2 Å². The molecule has 0 aliphatic heterocycles. The van der Waals surface area contributed by atoms with Crippen molar-refractivity contribution in [1.29, 1.82) is 0 Å². The van der Waals surface area contributed by atoms with Crippen molar-refractivity contribution < 1.29 is 9.59 Å². The lowest BCUT2D eigenvalue weighted by Crippen LogP contribution is -1.87. The van der Waals surface area contributed by atoms with Crippen molar-refractivity contribution in [3.05, 3.63) is 46.2 Å². The lowest BCUT2D eigenvalue weighted by atomic mass is 10.1. The second-order valence-electron chi connectivity index (χ2n) is 8.70. The van der Waals surface area contributed by atoms with Gasteiger partial charge in [0.05, 0.1) is 0 Å². The van der Waals surface area contributed by atoms with Crippen LogP contribution < -0.4 is 0 Å². The van der Waals surface area contributed by atoms with E-state index >= 15 is 0 Å². The fraction of sp³-hybridized carbons (Fsp3) is 0.500. The number of hydrogen-bond donors (Lipinski definition) is 0. The van der Waals surface area contributed by atoms with Crippen molar-refractivity contribution in [2.24, 2.45) is 0 Å². The average Bonchev–Trinajstić information content (AvgIpc) is 3.57. The van der Waals surface area contributed by atoms with Crippen LogP contribution in [-0.4, -0.2) is 21.7 Å². The largest absolute Gasteiger partial charge is 0.288 e. The van der Waals surface area contributed by atoms with Gasteiger partial charge < -0.3 is 0 Å². The highest BCUT2D eigenvalue weighted by molar-refractivity contribution is 8.13. The third-order valence-corrected chi connectivity index (χ3v) is 11.2. The first-order chi connectivity index (χ1) is 17.0. The summed E-state index contributed by atoms with van der Waals surface area (Å²) in [7, 11) is 0. The van der Waals surface area contributed by atoms with Crippen molar-refractivity contribution >= 4 is 67.8 Å². The van der Waals surface area contributed by atoms with E-state index in [1.54, 1.807) is 13.8 Å². The first-order valence-corrected chi connectivity index (χ1v) is 17.0. The summed E-state index contributed by atoms with van der Waals surface area (Å²) < 4.78 is 0. The smallest absolute Gasteiger partial charge is 0.185 e. The molecule has 7 heteroatoms. The van der Waals surface area contributed by atoms with Crippen molar-refractivity contribution in [3.63, 3.8) is 0 Å². The van der Waals surface area contributed by atoms with Gasteiger partial charge in [-0.1, -0.05) is 49.2 Å². The maximum absolute atomic E-state index is 11.0. The summed E-state index contributed by atoms with van der Waals surface area (Å²) in [4.78, 5) is 30.4. The van der Waals surface area contributed by atoms with Crippen molar-refractivity contribution in [2.45, 2.75) is 78.1 Å². The number of thioether (sulfide) groups is 2. The third kappa shape index (κ3) is 11.0. The molecule has 0 aliphatic carbocycles. The number of carbonyl (C=O) groups excluding carboxylic acids is 2. The zero-order chi connectivity index (χ0) is 24.9. The van der Waals surface area contributed by atoms with Gasteiger partial charge in [0.2, 0.25) is 0 Å². The van der Waals surface area contributed by atoms with Crippen LogP contribution in [0.5, 0.6) is 0 Å². The fourth-order valence-corrected chi connectivity index (χ4v) is 8.39. The number of thiophene rings is 3. The lowest BCUT2D eigenvalue weighted by molar-refractivity contribution is -0.109. The SMILES string of the molecule is CC(=O)SCCCCCCc1ccc(-c2ccc(-c3ccc(CCCCCCSC(C)=O)s3)s2)s1. The molecule has 0 saturated heterocycles. The Bertz CT molecular complexity index is 965. The van der Waals surface area contributed by atoms with Gasteiger partial charge in [0.15, 0.2) is 10.2 Å². The van der Waals surface area contributed by atoms with E-state index in [0.29, 0.717) is 0 Å². The summed E-state index contributed by atoms with van der Waals surface area (Å²) in [5.74, 6) is 1.93. The van der Waals surface area contributed by atoms with Gasteiger partial charge in [-0.3, -0.25) is 9.59 Å². The summed E-state index contributed by atoms with van der Waals surface area (Å²) in [6.45, 7) is 3.30. The van der Waals surface area contributed by atoms with Crippen LogP contribution in [0.15, 0.2) is 36.4 Å². The Morgan fingerprint density at radius 1 is 0.543 bits per heavy atom. The predicted molar refractivity (Wildman–Crippen MR) is 162 cm³/mol. The van der Waals surface area contributed by atoms with Gasteiger partial charge in [0.1, 0.15) is 0 Å². The van der Waals surface area contributed by atoms with Crippen LogP contribution in [0.3, 0.4) is 0 Å². The summed E-state index contributed by atoms with van der Waals surface area (Å²) in [5, 5.41) is 0.466. The molecule has 190 valence electrons. The lowest BCUT2D eigenvalue weighted by Gasteiger charge is -2.00. The van der Waals surface area contributed by atoms with Crippen molar-refractivity contribution in [2.75, 3.05) is 11.5 Å². The van der Waals surface area contributed by atoms with Gasteiger partial charge in [-0.05, 0) is 74.9 Å². The zero-order valence-corrected chi connectivity index (χ0v) is 24.9. The van der Waals surface area contributed by atoms with Gasteiger partial charge in [-0.2, -0.15) is 0 Å². The molecule has 3 heterocycles. The fourth-order valence-electron chi connectivity index (χ4n) is 3.83. The maximum Gasteiger partial charge on any atom is 0.185 e. The van der Waals surface area contributed by atoms with Gasteiger partial charge >= 0.3 is 0 Å². The molecule has 0 unspecified atom stereocenters. The Morgan fingerprint density at radius 2 is 0.914 bits per heavy atom. The molecule has 0 N–H and O–H groups in total. The molecular formula is C28H36O2S5. The highest BCUT2D eigenvalue weighted by atomic mass is 32.2. The molecule has 3 aromatic heterocycles. The molecule has 0 bridgehead atoms. The van der Waals surface area contributed by atoms with E-state index in [1.807, 2.05) is 34.0 Å². The van der Waals surface area contributed by atoms with Gasteiger partial charge in [-0.15, -0.1) is 34.0 Å². The van der Waals surface area contributed by atoms with Crippen LogP contribution in [0.1, 0.15) is 75.0 Å². The Kier molecular flexibility index (Phi) is 13.2. The molecule has 0 saturated carbocycles. The first kappa shape index (κ1) is 28.7. The minimum atomic E-state index is 0.233. The van der Waals surface area contributed by atoms with E-state index in [2.05, 4.69) is 36.4 Å². The predicted octanol–water partition coefficient (Wildman–Crippen LogP) is 9.97. The molecule has 0 radical (unpaired) electrons. The summed E-state index contributed by atoms with van der Waals surface area (Å²) in [6.07, 6.45) is 12.0. The Hall–Kier alpha value is -0.860. The quantitative estimate of drug-likeness (QED) is 0.162. The maximum atomic E-state index is 11.0. The number of aryl methyl sites for hydroxylation is 2. The monoisotopic (exact) mass is 564 g/mol. The highest BCUT2D eigenvalue weighted by Crippen LogP contribution is 2.40. The minimum absolute atomic E-state index is 0.233. The van der Waals surface area contributed by atoms with E-state index in [1.165, 1.54) is 91.3 Å². The Balaban J connectivity index is 1.38. The molecule has 3 rings (SSSR count). The molecule has 0 aliphatic rings. The molecule has 0 aromatic carbocycles.